The summed E-state index contributed by atoms with van der Waals surface area (Å²) in [6.45, 7) is 5.03. The molecule has 1 rings (SSSR count). The molecule has 0 saturated heterocycles. The Morgan fingerprint density at radius 3 is 2.39 bits per heavy atom. The van der Waals surface area contributed by atoms with E-state index in [1.54, 1.807) is 7.11 Å². The van der Waals surface area contributed by atoms with Gasteiger partial charge in [0, 0.05) is 19.8 Å². The maximum atomic E-state index is 6.12. The van der Waals surface area contributed by atoms with Crippen molar-refractivity contribution in [2.24, 2.45) is 0 Å². The summed E-state index contributed by atoms with van der Waals surface area (Å²) in [7, 11) is 3.83. The van der Waals surface area contributed by atoms with Gasteiger partial charge in [0.2, 0.25) is 0 Å². The van der Waals surface area contributed by atoms with E-state index in [1.165, 1.54) is 38.5 Å². The molecule has 108 valence electrons. The average Bonchev–Trinajstić information content (AvgIpc) is 2.32. The van der Waals surface area contributed by atoms with Gasteiger partial charge >= 0.3 is 0 Å². The minimum atomic E-state index is -0.0727. The normalized spacial score (nSPS) is 26.7. The molecule has 1 N–H and O–H groups in total. The molecule has 0 aromatic heterocycles. The SMILES string of the molecule is CNC1CCCCCCC1OCCC(C)(C)OC. The van der Waals surface area contributed by atoms with Crippen molar-refractivity contribution in [1.82, 2.24) is 5.32 Å². The zero-order valence-electron chi connectivity index (χ0n) is 12.6. The highest BCUT2D eigenvalue weighted by molar-refractivity contribution is 4.78. The first-order chi connectivity index (χ1) is 8.59. The molecule has 2 unspecified atom stereocenters. The van der Waals surface area contributed by atoms with E-state index in [9.17, 15) is 0 Å². The number of likely N-dealkylation sites (N-methyl/N-ethyl adjacent to an activating group) is 1. The van der Waals surface area contributed by atoms with E-state index in [0.717, 1.165) is 13.0 Å². The first-order valence-corrected chi connectivity index (χ1v) is 7.43. The van der Waals surface area contributed by atoms with E-state index in [4.69, 9.17) is 9.47 Å². The van der Waals surface area contributed by atoms with Gasteiger partial charge in [0.1, 0.15) is 0 Å². The molecule has 0 aliphatic heterocycles. The number of methoxy groups -OCH3 is 1. The van der Waals surface area contributed by atoms with Crippen LogP contribution in [-0.4, -0.2) is 38.5 Å². The summed E-state index contributed by atoms with van der Waals surface area (Å²) in [5.41, 5.74) is -0.0727. The number of rotatable bonds is 6. The van der Waals surface area contributed by atoms with E-state index in [-0.39, 0.29) is 5.60 Å². The van der Waals surface area contributed by atoms with Crippen LogP contribution in [0.4, 0.5) is 0 Å². The Balaban J connectivity index is 2.36. The lowest BCUT2D eigenvalue weighted by Crippen LogP contribution is -2.40. The second kappa shape index (κ2) is 8.13. The molecule has 1 saturated carbocycles. The van der Waals surface area contributed by atoms with Crippen LogP contribution in [0, 0.1) is 0 Å². The standard InChI is InChI=1S/C15H31NO2/c1-15(2,17-4)11-12-18-14-10-8-6-5-7-9-13(14)16-3/h13-14,16H,5-12H2,1-4H3. The van der Waals surface area contributed by atoms with Crippen molar-refractivity contribution in [3.8, 4) is 0 Å². The lowest BCUT2D eigenvalue weighted by molar-refractivity contribution is -0.0388. The third kappa shape index (κ3) is 5.68. The molecular weight excluding hydrogens is 226 g/mol. The Kier molecular flexibility index (Phi) is 7.20. The largest absolute Gasteiger partial charge is 0.379 e. The molecular formula is C15H31NO2. The smallest absolute Gasteiger partial charge is 0.0727 e. The van der Waals surface area contributed by atoms with Crippen molar-refractivity contribution in [1.29, 1.82) is 0 Å². The van der Waals surface area contributed by atoms with Crippen LogP contribution in [0.2, 0.25) is 0 Å². The Hall–Kier alpha value is -0.120. The third-order valence-electron chi connectivity index (χ3n) is 4.16. The number of ether oxygens (including phenoxy) is 2. The number of hydrogen-bond acceptors (Lipinski definition) is 3. The Morgan fingerprint density at radius 1 is 1.11 bits per heavy atom. The maximum Gasteiger partial charge on any atom is 0.0727 e. The van der Waals surface area contributed by atoms with Crippen LogP contribution >= 0.6 is 0 Å². The second-order valence-corrected chi connectivity index (χ2v) is 6.01. The molecule has 1 aliphatic carbocycles. The van der Waals surface area contributed by atoms with Gasteiger partial charge in [-0.05, 0) is 40.2 Å². The molecule has 1 fully saturated rings. The maximum absolute atomic E-state index is 6.12. The summed E-state index contributed by atoms with van der Waals surface area (Å²) in [4.78, 5) is 0. The summed E-state index contributed by atoms with van der Waals surface area (Å²) in [5.74, 6) is 0. The van der Waals surface area contributed by atoms with Gasteiger partial charge in [-0.25, -0.2) is 0 Å². The lowest BCUT2D eigenvalue weighted by Gasteiger charge is -2.30. The minimum absolute atomic E-state index is 0.0727. The van der Waals surface area contributed by atoms with Gasteiger partial charge in [-0.15, -0.1) is 0 Å². The second-order valence-electron chi connectivity index (χ2n) is 6.01. The van der Waals surface area contributed by atoms with Crippen LogP contribution in [0.15, 0.2) is 0 Å². The highest BCUT2D eigenvalue weighted by Gasteiger charge is 2.23. The van der Waals surface area contributed by atoms with Gasteiger partial charge in [0.15, 0.2) is 0 Å². The Bertz CT molecular complexity index is 219. The molecule has 0 aromatic rings. The molecule has 0 spiro atoms. The van der Waals surface area contributed by atoms with Gasteiger partial charge in [-0.1, -0.05) is 25.7 Å². The van der Waals surface area contributed by atoms with Crippen molar-refractivity contribution in [2.45, 2.75) is 76.5 Å². The summed E-state index contributed by atoms with van der Waals surface area (Å²) in [5, 5.41) is 3.43. The summed E-state index contributed by atoms with van der Waals surface area (Å²) < 4.78 is 11.5. The molecule has 0 radical (unpaired) electrons. The zero-order valence-corrected chi connectivity index (χ0v) is 12.6. The van der Waals surface area contributed by atoms with E-state index in [2.05, 4.69) is 26.2 Å². The van der Waals surface area contributed by atoms with E-state index in [1.807, 2.05) is 0 Å². The van der Waals surface area contributed by atoms with Crippen molar-refractivity contribution >= 4 is 0 Å². The van der Waals surface area contributed by atoms with Gasteiger partial charge in [0.05, 0.1) is 11.7 Å². The van der Waals surface area contributed by atoms with E-state index in [0.29, 0.717) is 12.1 Å². The van der Waals surface area contributed by atoms with Crippen LogP contribution in [-0.2, 0) is 9.47 Å². The minimum Gasteiger partial charge on any atom is -0.379 e. The fourth-order valence-corrected chi connectivity index (χ4v) is 2.54. The fourth-order valence-electron chi connectivity index (χ4n) is 2.54. The first-order valence-electron chi connectivity index (χ1n) is 7.43. The van der Waals surface area contributed by atoms with Crippen molar-refractivity contribution < 1.29 is 9.47 Å². The highest BCUT2D eigenvalue weighted by atomic mass is 16.5. The molecule has 1 aliphatic rings. The molecule has 18 heavy (non-hydrogen) atoms. The number of nitrogens with one attached hydrogen (secondary N) is 1. The fraction of sp³-hybridized carbons (Fsp3) is 1.00. The molecule has 0 aromatic carbocycles. The van der Waals surface area contributed by atoms with Gasteiger partial charge in [-0.3, -0.25) is 0 Å². The van der Waals surface area contributed by atoms with Crippen LogP contribution in [0.5, 0.6) is 0 Å². The average molecular weight is 257 g/mol. The quantitative estimate of drug-likeness (QED) is 0.793. The lowest BCUT2D eigenvalue weighted by atomic mass is 9.94. The Labute approximate surface area is 113 Å². The van der Waals surface area contributed by atoms with Crippen molar-refractivity contribution in [3.63, 3.8) is 0 Å². The first kappa shape index (κ1) is 15.9. The molecule has 0 bridgehead atoms. The summed E-state index contributed by atoms with van der Waals surface area (Å²) in [6.07, 6.45) is 9.14. The van der Waals surface area contributed by atoms with Crippen LogP contribution in [0.3, 0.4) is 0 Å². The van der Waals surface area contributed by atoms with Crippen LogP contribution in [0.1, 0.15) is 58.8 Å². The third-order valence-corrected chi connectivity index (χ3v) is 4.16. The van der Waals surface area contributed by atoms with Crippen molar-refractivity contribution in [2.75, 3.05) is 20.8 Å². The van der Waals surface area contributed by atoms with Gasteiger partial charge in [-0.2, -0.15) is 0 Å². The molecule has 2 atom stereocenters. The number of hydrogen-bond donors (Lipinski definition) is 1. The molecule has 3 nitrogen and oxygen atoms in total. The summed E-state index contributed by atoms with van der Waals surface area (Å²) >= 11 is 0. The Morgan fingerprint density at radius 2 is 1.78 bits per heavy atom. The van der Waals surface area contributed by atoms with Gasteiger partial charge < -0.3 is 14.8 Å². The predicted octanol–water partition coefficient (Wildman–Crippen LogP) is 3.13. The van der Waals surface area contributed by atoms with Crippen molar-refractivity contribution in [3.05, 3.63) is 0 Å². The molecule has 0 amide bonds. The van der Waals surface area contributed by atoms with Gasteiger partial charge in [0.25, 0.3) is 0 Å². The monoisotopic (exact) mass is 257 g/mol. The molecule has 0 heterocycles. The predicted molar refractivity (Wildman–Crippen MR) is 76.0 cm³/mol. The highest BCUT2D eigenvalue weighted by Crippen LogP contribution is 2.21. The van der Waals surface area contributed by atoms with E-state index < -0.39 is 0 Å². The summed E-state index contributed by atoms with van der Waals surface area (Å²) in [6, 6.07) is 0.524. The zero-order chi connectivity index (χ0) is 13.4. The van der Waals surface area contributed by atoms with E-state index >= 15 is 0 Å². The topological polar surface area (TPSA) is 30.5 Å². The van der Waals surface area contributed by atoms with Crippen LogP contribution in [0.25, 0.3) is 0 Å². The van der Waals surface area contributed by atoms with Crippen LogP contribution < -0.4 is 5.32 Å². The molecule has 3 heteroatoms.